The van der Waals surface area contributed by atoms with E-state index in [2.05, 4.69) is 10.6 Å². The van der Waals surface area contributed by atoms with Crippen molar-refractivity contribution in [2.24, 2.45) is 0 Å². The summed E-state index contributed by atoms with van der Waals surface area (Å²) in [6.07, 6.45) is 0. The molecule has 6 nitrogen and oxygen atoms in total. The third-order valence-corrected chi connectivity index (χ3v) is 3.55. The van der Waals surface area contributed by atoms with Crippen molar-refractivity contribution in [1.29, 1.82) is 0 Å². The molecule has 7 heteroatoms. The molecule has 2 N–H and O–H groups in total. The number of nitrogens with zero attached hydrogens (tertiary/aromatic N) is 1. The average molecular weight is 331 g/mol. The Hall–Kier alpha value is -2.67. The van der Waals surface area contributed by atoms with Gasteiger partial charge in [0, 0.05) is 11.6 Å². The number of hydrogen-bond donors (Lipinski definition) is 2. The summed E-state index contributed by atoms with van der Waals surface area (Å²) in [5, 5.41) is 17.4. The van der Waals surface area contributed by atoms with Crippen LogP contribution in [0, 0.1) is 24.0 Å². The van der Waals surface area contributed by atoms with E-state index in [0.717, 1.165) is 5.56 Å². The minimum absolute atomic E-state index is 0.0539. The van der Waals surface area contributed by atoms with Gasteiger partial charge in [0.2, 0.25) is 0 Å². The Bertz CT molecular complexity index is 762. The van der Waals surface area contributed by atoms with Crippen LogP contribution in [0.2, 0.25) is 0 Å². The quantitative estimate of drug-likeness (QED) is 0.500. The van der Waals surface area contributed by atoms with E-state index in [1.165, 1.54) is 6.07 Å². The third-order valence-electron chi connectivity index (χ3n) is 3.34. The van der Waals surface area contributed by atoms with Gasteiger partial charge in [-0.15, -0.1) is 0 Å². The SMILES string of the molecule is COc1ccccc1NC(=S)Nc1cc([N+](=O)[O-])c(C)cc1C. The molecule has 0 heterocycles. The zero-order chi connectivity index (χ0) is 17.0. The van der Waals surface area contributed by atoms with Gasteiger partial charge in [0.25, 0.3) is 5.69 Å². The number of anilines is 2. The Balaban J connectivity index is 2.20. The standard InChI is InChI=1S/C16H17N3O3S/c1-10-8-11(2)14(19(20)21)9-13(10)18-16(23)17-12-6-4-5-7-15(12)22-3/h4-9H,1-3H3,(H2,17,18,23). The van der Waals surface area contributed by atoms with E-state index in [1.54, 1.807) is 20.1 Å². The first-order chi connectivity index (χ1) is 10.9. The van der Waals surface area contributed by atoms with E-state index >= 15 is 0 Å². The van der Waals surface area contributed by atoms with E-state index in [1.807, 2.05) is 31.2 Å². The lowest BCUT2D eigenvalue weighted by Gasteiger charge is -2.15. The maximum atomic E-state index is 11.1. The molecule has 0 saturated carbocycles. The summed E-state index contributed by atoms with van der Waals surface area (Å²) in [4.78, 5) is 10.7. The highest BCUT2D eigenvalue weighted by molar-refractivity contribution is 7.80. The highest BCUT2D eigenvalue weighted by atomic mass is 32.1. The molecule has 0 spiro atoms. The molecule has 0 saturated heterocycles. The molecule has 0 aliphatic carbocycles. The van der Waals surface area contributed by atoms with Crippen LogP contribution in [0.25, 0.3) is 0 Å². The lowest BCUT2D eigenvalue weighted by Crippen LogP contribution is -2.20. The molecule has 0 atom stereocenters. The molecule has 0 aromatic heterocycles. The van der Waals surface area contributed by atoms with Gasteiger partial charge in [0.05, 0.1) is 23.4 Å². The number of benzene rings is 2. The summed E-state index contributed by atoms with van der Waals surface area (Å²) in [6, 6.07) is 10.6. The number of nitro benzene ring substituents is 1. The Morgan fingerprint density at radius 3 is 2.43 bits per heavy atom. The van der Waals surface area contributed by atoms with Crippen LogP contribution in [0.15, 0.2) is 36.4 Å². The van der Waals surface area contributed by atoms with Crippen molar-refractivity contribution in [3.63, 3.8) is 0 Å². The van der Waals surface area contributed by atoms with Crippen LogP contribution in [-0.4, -0.2) is 17.1 Å². The smallest absolute Gasteiger partial charge is 0.274 e. The fraction of sp³-hybridized carbons (Fsp3) is 0.188. The molecule has 2 aromatic carbocycles. The fourth-order valence-electron chi connectivity index (χ4n) is 2.20. The maximum Gasteiger partial charge on any atom is 0.274 e. The van der Waals surface area contributed by atoms with Crippen LogP contribution in [0.5, 0.6) is 5.75 Å². The molecule has 2 aromatic rings. The van der Waals surface area contributed by atoms with Gasteiger partial charge in [-0.2, -0.15) is 0 Å². The second-order valence-electron chi connectivity index (χ2n) is 4.99. The molecular weight excluding hydrogens is 314 g/mol. The van der Waals surface area contributed by atoms with E-state index < -0.39 is 4.92 Å². The first kappa shape index (κ1) is 16.7. The lowest BCUT2D eigenvalue weighted by molar-refractivity contribution is -0.385. The normalized spacial score (nSPS) is 10.0. The van der Waals surface area contributed by atoms with E-state index in [9.17, 15) is 10.1 Å². The first-order valence-electron chi connectivity index (χ1n) is 6.89. The van der Waals surface area contributed by atoms with Crippen molar-refractivity contribution in [2.45, 2.75) is 13.8 Å². The number of hydrogen-bond acceptors (Lipinski definition) is 4. The molecular formula is C16H17N3O3S. The van der Waals surface area contributed by atoms with Crippen LogP contribution in [-0.2, 0) is 0 Å². The van der Waals surface area contributed by atoms with Gasteiger partial charge in [0.1, 0.15) is 5.75 Å². The van der Waals surface area contributed by atoms with Crippen LogP contribution in [0.4, 0.5) is 17.1 Å². The van der Waals surface area contributed by atoms with Crippen molar-refractivity contribution in [1.82, 2.24) is 0 Å². The zero-order valence-corrected chi connectivity index (χ0v) is 13.9. The largest absolute Gasteiger partial charge is 0.495 e. The Morgan fingerprint density at radius 1 is 1.13 bits per heavy atom. The summed E-state index contributed by atoms with van der Waals surface area (Å²) in [5.41, 5.74) is 2.85. The average Bonchev–Trinajstić information content (AvgIpc) is 2.50. The Labute approximate surface area is 139 Å². The molecule has 0 radical (unpaired) electrons. The molecule has 2 rings (SSSR count). The van der Waals surface area contributed by atoms with Crippen molar-refractivity contribution in [2.75, 3.05) is 17.7 Å². The van der Waals surface area contributed by atoms with Gasteiger partial charge >= 0.3 is 0 Å². The van der Waals surface area contributed by atoms with Gasteiger partial charge in [-0.3, -0.25) is 10.1 Å². The summed E-state index contributed by atoms with van der Waals surface area (Å²) in [5.74, 6) is 0.656. The van der Waals surface area contributed by atoms with E-state index in [-0.39, 0.29) is 5.69 Å². The van der Waals surface area contributed by atoms with Gasteiger partial charge in [-0.25, -0.2) is 0 Å². The molecule has 0 amide bonds. The molecule has 0 unspecified atom stereocenters. The van der Waals surface area contributed by atoms with Crippen molar-refractivity contribution < 1.29 is 9.66 Å². The number of para-hydroxylation sites is 2. The number of aryl methyl sites for hydroxylation is 2. The summed E-state index contributed by atoms with van der Waals surface area (Å²) >= 11 is 5.28. The monoisotopic (exact) mass is 331 g/mol. The van der Waals surface area contributed by atoms with E-state index in [0.29, 0.717) is 27.8 Å². The summed E-state index contributed by atoms with van der Waals surface area (Å²) < 4.78 is 5.25. The van der Waals surface area contributed by atoms with Gasteiger partial charge < -0.3 is 15.4 Å². The molecule has 23 heavy (non-hydrogen) atoms. The topological polar surface area (TPSA) is 76.4 Å². The molecule has 0 bridgehead atoms. The molecule has 0 aliphatic heterocycles. The second-order valence-corrected chi connectivity index (χ2v) is 5.40. The van der Waals surface area contributed by atoms with Crippen LogP contribution < -0.4 is 15.4 Å². The van der Waals surface area contributed by atoms with Crippen molar-refractivity contribution in [3.05, 3.63) is 57.6 Å². The zero-order valence-electron chi connectivity index (χ0n) is 13.0. The van der Waals surface area contributed by atoms with Crippen LogP contribution in [0.1, 0.15) is 11.1 Å². The highest BCUT2D eigenvalue weighted by Crippen LogP contribution is 2.27. The highest BCUT2D eigenvalue weighted by Gasteiger charge is 2.14. The fourth-order valence-corrected chi connectivity index (χ4v) is 2.42. The van der Waals surface area contributed by atoms with Crippen LogP contribution in [0.3, 0.4) is 0 Å². The minimum Gasteiger partial charge on any atom is -0.495 e. The van der Waals surface area contributed by atoms with Crippen LogP contribution >= 0.6 is 12.2 Å². The van der Waals surface area contributed by atoms with Crippen molar-refractivity contribution >= 4 is 34.4 Å². The number of methoxy groups -OCH3 is 1. The second kappa shape index (κ2) is 7.06. The third kappa shape index (κ3) is 3.95. The number of nitrogens with one attached hydrogen (secondary N) is 2. The number of thiocarbonyl (C=S) groups is 1. The maximum absolute atomic E-state index is 11.1. The van der Waals surface area contributed by atoms with E-state index in [4.69, 9.17) is 17.0 Å². The molecule has 0 fully saturated rings. The van der Waals surface area contributed by atoms with Crippen molar-refractivity contribution in [3.8, 4) is 5.75 Å². The predicted molar refractivity (Wildman–Crippen MR) is 95.4 cm³/mol. The lowest BCUT2D eigenvalue weighted by atomic mass is 10.1. The summed E-state index contributed by atoms with van der Waals surface area (Å²) in [7, 11) is 1.57. The number of nitro groups is 1. The minimum atomic E-state index is -0.406. The molecule has 0 aliphatic rings. The number of ether oxygens (including phenoxy) is 1. The Kier molecular flexibility index (Phi) is 5.13. The predicted octanol–water partition coefficient (Wildman–Crippen LogP) is 4.03. The summed E-state index contributed by atoms with van der Waals surface area (Å²) in [6.45, 7) is 3.57. The van der Waals surface area contributed by atoms with Gasteiger partial charge in [-0.1, -0.05) is 12.1 Å². The van der Waals surface area contributed by atoms with Gasteiger partial charge in [0.15, 0.2) is 5.11 Å². The number of rotatable bonds is 4. The van der Waals surface area contributed by atoms with Gasteiger partial charge in [-0.05, 0) is 49.8 Å². The molecule has 120 valence electrons. The Morgan fingerprint density at radius 2 is 1.78 bits per heavy atom. The first-order valence-corrected chi connectivity index (χ1v) is 7.30.